The van der Waals surface area contributed by atoms with Crippen LogP contribution in [-0.2, 0) is 18.2 Å². The van der Waals surface area contributed by atoms with Crippen LogP contribution < -0.4 is 5.73 Å². The number of nitrogen functional groups attached to an aromatic ring is 1. The summed E-state index contributed by atoms with van der Waals surface area (Å²) in [7, 11) is 1.95. The fourth-order valence-electron chi connectivity index (χ4n) is 1.97. The van der Waals surface area contributed by atoms with Crippen LogP contribution in [0.4, 0.5) is 5.82 Å². The molecule has 78 valence electrons. The van der Waals surface area contributed by atoms with Crippen molar-refractivity contribution in [1.29, 1.82) is 0 Å². The van der Waals surface area contributed by atoms with E-state index in [1.165, 1.54) is 5.69 Å². The zero-order valence-electron chi connectivity index (χ0n) is 8.57. The topological polar surface area (TPSA) is 53.1 Å². The lowest BCUT2D eigenvalue weighted by atomic mass is 9.95. The molecular formula is C10H17N3O. The van der Waals surface area contributed by atoms with Crippen molar-refractivity contribution in [3.05, 3.63) is 11.8 Å². The predicted molar refractivity (Wildman–Crippen MR) is 54.9 cm³/mol. The summed E-state index contributed by atoms with van der Waals surface area (Å²) in [5.74, 6) is 1.35. The number of ether oxygens (including phenoxy) is 1. The first-order valence-corrected chi connectivity index (χ1v) is 5.12. The molecule has 0 amide bonds. The van der Waals surface area contributed by atoms with Crippen molar-refractivity contribution in [2.24, 2.45) is 13.0 Å². The van der Waals surface area contributed by atoms with Crippen LogP contribution in [0.25, 0.3) is 0 Å². The molecule has 2 N–H and O–H groups in total. The van der Waals surface area contributed by atoms with E-state index in [4.69, 9.17) is 10.5 Å². The molecule has 0 atom stereocenters. The third kappa shape index (κ3) is 2.07. The molecule has 4 nitrogen and oxygen atoms in total. The number of nitrogens with two attached hydrogens (primary N) is 1. The molecule has 0 unspecified atom stereocenters. The van der Waals surface area contributed by atoms with E-state index in [-0.39, 0.29) is 0 Å². The van der Waals surface area contributed by atoms with Crippen LogP contribution in [-0.4, -0.2) is 23.0 Å². The number of rotatable bonds is 2. The van der Waals surface area contributed by atoms with E-state index in [1.54, 1.807) is 0 Å². The maximum Gasteiger partial charge on any atom is 0.145 e. The smallest absolute Gasteiger partial charge is 0.145 e. The van der Waals surface area contributed by atoms with E-state index in [0.29, 0.717) is 5.82 Å². The molecule has 4 heteroatoms. The van der Waals surface area contributed by atoms with Crippen molar-refractivity contribution in [3.63, 3.8) is 0 Å². The third-order valence-corrected chi connectivity index (χ3v) is 2.83. The Bertz CT molecular complexity index is 302. The molecule has 1 aliphatic rings. The first-order chi connectivity index (χ1) is 6.75. The van der Waals surface area contributed by atoms with Gasteiger partial charge in [0.15, 0.2) is 0 Å². The monoisotopic (exact) mass is 195 g/mol. The number of aromatic nitrogens is 2. The van der Waals surface area contributed by atoms with Crippen molar-refractivity contribution in [1.82, 2.24) is 9.78 Å². The van der Waals surface area contributed by atoms with Crippen LogP contribution in [0, 0.1) is 5.92 Å². The van der Waals surface area contributed by atoms with Gasteiger partial charge >= 0.3 is 0 Å². The van der Waals surface area contributed by atoms with Gasteiger partial charge < -0.3 is 10.5 Å². The standard InChI is InChI=1S/C10H17N3O/c1-13-9(7-10(11)12-13)6-8-2-4-14-5-3-8/h7-8H,2-6H2,1H3,(H2,11,12). The third-order valence-electron chi connectivity index (χ3n) is 2.83. The van der Waals surface area contributed by atoms with Gasteiger partial charge in [-0.3, -0.25) is 4.68 Å². The Hall–Kier alpha value is -1.03. The Morgan fingerprint density at radius 3 is 2.86 bits per heavy atom. The summed E-state index contributed by atoms with van der Waals surface area (Å²) < 4.78 is 7.21. The highest BCUT2D eigenvalue weighted by Crippen LogP contribution is 2.20. The molecule has 0 radical (unpaired) electrons. The van der Waals surface area contributed by atoms with Crippen LogP contribution >= 0.6 is 0 Å². The highest BCUT2D eigenvalue weighted by molar-refractivity contribution is 5.29. The van der Waals surface area contributed by atoms with Gasteiger partial charge in [-0.15, -0.1) is 0 Å². The lowest BCUT2D eigenvalue weighted by molar-refractivity contribution is 0.0660. The highest BCUT2D eigenvalue weighted by Gasteiger charge is 2.16. The maximum absolute atomic E-state index is 5.63. The quantitative estimate of drug-likeness (QED) is 0.765. The summed E-state index contributed by atoms with van der Waals surface area (Å²) in [6.07, 6.45) is 3.39. The van der Waals surface area contributed by atoms with E-state index in [2.05, 4.69) is 5.10 Å². The van der Waals surface area contributed by atoms with Gasteiger partial charge in [-0.05, 0) is 25.2 Å². The SMILES string of the molecule is Cn1nc(N)cc1CC1CCOCC1. The molecule has 0 aliphatic carbocycles. The summed E-state index contributed by atoms with van der Waals surface area (Å²) >= 11 is 0. The summed E-state index contributed by atoms with van der Waals surface area (Å²) in [6, 6.07) is 1.97. The van der Waals surface area contributed by atoms with Gasteiger partial charge in [-0.1, -0.05) is 0 Å². The van der Waals surface area contributed by atoms with Crippen molar-refractivity contribution >= 4 is 5.82 Å². The minimum atomic E-state index is 0.620. The minimum absolute atomic E-state index is 0.620. The largest absolute Gasteiger partial charge is 0.382 e. The van der Waals surface area contributed by atoms with Crippen molar-refractivity contribution in [2.75, 3.05) is 18.9 Å². The molecule has 0 bridgehead atoms. The molecule has 2 heterocycles. The lowest BCUT2D eigenvalue weighted by Gasteiger charge is -2.21. The second-order valence-electron chi connectivity index (χ2n) is 3.94. The molecule has 1 aromatic rings. The molecule has 1 saturated heterocycles. The second kappa shape index (κ2) is 4.00. The normalized spacial score (nSPS) is 18.6. The predicted octanol–water partition coefficient (Wildman–Crippen LogP) is 0.971. The van der Waals surface area contributed by atoms with E-state index in [9.17, 15) is 0 Å². The van der Waals surface area contributed by atoms with Crippen LogP contribution in [0.2, 0.25) is 0 Å². The van der Waals surface area contributed by atoms with Gasteiger partial charge in [0.05, 0.1) is 0 Å². The first kappa shape index (κ1) is 9.52. The average molecular weight is 195 g/mol. The molecule has 1 aromatic heterocycles. The van der Waals surface area contributed by atoms with Crippen molar-refractivity contribution in [3.8, 4) is 0 Å². The summed E-state index contributed by atoms with van der Waals surface area (Å²) in [6.45, 7) is 1.80. The van der Waals surface area contributed by atoms with Gasteiger partial charge in [-0.2, -0.15) is 5.10 Å². The molecule has 1 fully saturated rings. The summed E-state index contributed by atoms with van der Waals surface area (Å²) in [5.41, 5.74) is 6.86. The van der Waals surface area contributed by atoms with Crippen LogP contribution in [0.5, 0.6) is 0 Å². The Labute approximate surface area is 84.0 Å². The van der Waals surface area contributed by atoms with E-state index in [1.807, 2.05) is 17.8 Å². The van der Waals surface area contributed by atoms with Gasteiger partial charge in [-0.25, -0.2) is 0 Å². The molecule has 1 aliphatic heterocycles. The Balaban J connectivity index is 1.98. The molecule has 0 saturated carbocycles. The van der Waals surface area contributed by atoms with Gasteiger partial charge in [0.1, 0.15) is 5.82 Å². The van der Waals surface area contributed by atoms with Crippen molar-refractivity contribution in [2.45, 2.75) is 19.3 Å². The zero-order valence-corrected chi connectivity index (χ0v) is 8.57. The van der Waals surface area contributed by atoms with Crippen LogP contribution in [0.1, 0.15) is 18.5 Å². The lowest BCUT2D eigenvalue weighted by Crippen LogP contribution is -2.18. The number of aryl methyl sites for hydroxylation is 1. The van der Waals surface area contributed by atoms with Crippen molar-refractivity contribution < 1.29 is 4.74 Å². The molecule has 14 heavy (non-hydrogen) atoms. The summed E-state index contributed by atoms with van der Waals surface area (Å²) in [5, 5.41) is 4.14. The fraction of sp³-hybridized carbons (Fsp3) is 0.700. The van der Waals surface area contributed by atoms with Gasteiger partial charge in [0.2, 0.25) is 0 Å². The molecular weight excluding hydrogens is 178 g/mol. The Kier molecular flexibility index (Phi) is 2.72. The fourth-order valence-corrected chi connectivity index (χ4v) is 1.97. The number of hydrogen-bond donors (Lipinski definition) is 1. The van der Waals surface area contributed by atoms with E-state index in [0.717, 1.165) is 38.4 Å². The number of nitrogens with zero attached hydrogens (tertiary/aromatic N) is 2. The Morgan fingerprint density at radius 1 is 1.57 bits per heavy atom. The van der Waals surface area contributed by atoms with E-state index < -0.39 is 0 Å². The van der Waals surface area contributed by atoms with Gasteiger partial charge in [0, 0.05) is 32.0 Å². The van der Waals surface area contributed by atoms with Crippen LogP contribution in [0.3, 0.4) is 0 Å². The van der Waals surface area contributed by atoms with Crippen LogP contribution in [0.15, 0.2) is 6.07 Å². The zero-order chi connectivity index (χ0) is 9.97. The van der Waals surface area contributed by atoms with E-state index >= 15 is 0 Å². The highest BCUT2D eigenvalue weighted by atomic mass is 16.5. The average Bonchev–Trinajstić information content (AvgIpc) is 2.47. The molecule has 0 aromatic carbocycles. The number of anilines is 1. The minimum Gasteiger partial charge on any atom is -0.382 e. The van der Waals surface area contributed by atoms with Gasteiger partial charge in [0.25, 0.3) is 0 Å². The Morgan fingerprint density at radius 2 is 2.29 bits per heavy atom. The second-order valence-corrected chi connectivity index (χ2v) is 3.94. The number of hydrogen-bond acceptors (Lipinski definition) is 3. The first-order valence-electron chi connectivity index (χ1n) is 5.12. The molecule has 0 spiro atoms. The summed E-state index contributed by atoms with van der Waals surface area (Å²) in [4.78, 5) is 0. The molecule has 2 rings (SSSR count). The maximum atomic E-state index is 5.63.